The van der Waals surface area contributed by atoms with E-state index >= 15 is 0 Å². The van der Waals surface area contributed by atoms with Crippen molar-refractivity contribution in [2.24, 2.45) is 0 Å². The zero-order valence-electron chi connectivity index (χ0n) is 15.6. The second-order valence-electron chi connectivity index (χ2n) is 6.18. The van der Waals surface area contributed by atoms with E-state index in [4.69, 9.17) is 4.74 Å². The quantitative estimate of drug-likeness (QED) is 0.473. The second kappa shape index (κ2) is 8.78. The summed E-state index contributed by atoms with van der Waals surface area (Å²) < 4.78 is 19.4. The molecule has 0 aliphatic carbocycles. The molecule has 0 aliphatic rings. The summed E-state index contributed by atoms with van der Waals surface area (Å²) in [4.78, 5) is 41.6. The van der Waals surface area contributed by atoms with Crippen molar-refractivity contribution >= 4 is 33.4 Å². The van der Waals surface area contributed by atoms with Crippen LogP contribution in [-0.2, 0) is 20.9 Å². The molecule has 150 valence electrons. The Morgan fingerprint density at radius 2 is 2.10 bits per heavy atom. The molecular weight excluding hydrogens is 397 g/mol. The summed E-state index contributed by atoms with van der Waals surface area (Å²) in [6, 6.07) is 5.77. The predicted molar refractivity (Wildman–Crippen MR) is 108 cm³/mol. The number of esters is 1. The number of fused-ring (bicyclic) bond motifs is 1. The third-order valence-corrected chi connectivity index (χ3v) is 5.00. The van der Waals surface area contributed by atoms with Gasteiger partial charge in [0.15, 0.2) is 6.10 Å². The molecule has 9 heteroatoms. The molecular formula is C20H18FN3O4S. The van der Waals surface area contributed by atoms with Crippen LogP contribution in [0.5, 0.6) is 0 Å². The van der Waals surface area contributed by atoms with Gasteiger partial charge in [0.1, 0.15) is 17.2 Å². The molecule has 29 heavy (non-hydrogen) atoms. The summed E-state index contributed by atoms with van der Waals surface area (Å²) in [5.74, 6) is -1.58. The summed E-state index contributed by atoms with van der Waals surface area (Å²) in [6.07, 6.45) is 1.76. The van der Waals surface area contributed by atoms with Crippen LogP contribution in [0, 0.1) is 5.82 Å². The highest BCUT2D eigenvalue weighted by atomic mass is 32.1. The lowest BCUT2D eigenvalue weighted by atomic mass is 10.1. The lowest BCUT2D eigenvalue weighted by molar-refractivity contribution is -0.155. The van der Waals surface area contributed by atoms with Crippen molar-refractivity contribution in [3.8, 4) is 11.1 Å². The summed E-state index contributed by atoms with van der Waals surface area (Å²) in [7, 11) is 0. The van der Waals surface area contributed by atoms with Gasteiger partial charge in [-0.1, -0.05) is 18.2 Å². The minimum Gasteiger partial charge on any atom is -0.451 e. The van der Waals surface area contributed by atoms with Gasteiger partial charge in [-0.3, -0.25) is 19.0 Å². The lowest BCUT2D eigenvalue weighted by Crippen LogP contribution is -2.37. The van der Waals surface area contributed by atoms with Crippen LogP contribution in [0.25, 0.3) is 21.3 Å². The van der Waals surface area contributed by atoms with Gasteiger partial charge in [-0.25, -0.2) is 9.37 Å². The molecule has 3 rings (SSSR count). The zero-order chi connectivity index (χ0) is 21.0. The average Bonchev–Trinajstić information content (AvgIpc) is 3.13. The summed E-state index contributed by atoms with van der Waals surface area (Å²) in [5.41, 5.74) is 0.864. The number of benzene rings is 1. The second-order valence-corrected chi connectivity index (χ2v) is 7.04. The first kappa shape index (κ1) is 20.4. The van der Waals surface area contributed by atoms with Crippen LogP contribution in [0.3, 0.4) is 0 Å². The van der Waals surface area contributed by atoms with Crippen molar-refractivity contribution in [2.45, 2.75) is 19.6 Å². The van der Waals surface area contributed by atoms with Crippen LogP contribution < -0.4 is 10.9 Å². The number of hydrogen-bond acceptors (Lipinski definition) is 6. The molecule has 0 aliphatic heterocycles. The van der Waals surface area contributed by atoms with E-state index in [0.29, 0.717) is 21.3 Å². The number of nitrogens with one attached hydrogen (secondary N) is 1. The monoisotopic (exact) mass is 415 g/mol. The molecule has 1 amide bonds. The predicted octanol–water partition coefficient (Wildman–Crippen LogP) is 2.50. The fourth-order valence-corrected chi connectivity index (χ4v) is 3.57. The number of thiophene rings is 1. The summed E-state index contributed by atoms with van der Waals surface area (Å²) in [6.45, 7) is 4.79. The number of rotatable bonds is 7. The Morgan fingerprint density at radius 3 is 2.79 bits per heavy atom. The number of amides is 1. The van der Waals surface area contributed by atoms with E-state index in [-0.39, 0.29) is 18.9 Å². The maximum absolute atomic E-state index is 13.2. The number of aromatic nitrogens is 2. The lowest BCUT2D eigenvalue weighted by Gasteiger charge is -2.13. The minimum absolute atomic E-state index is 0.255. The fraction of sp³-hybridized carbons (Fsp3) is 0.200. The van der Waals surface area contributed by atoms with Crippen molar-refractivity contribution in [1.29, 1.82) is 0 Å². The van der Waals surface area contributed by atoms with Crippen LogP contribution >= 0.6 is 11.3 Å². The van der Waals surface area contributed by atoms with Crippen LogP contribution in [-0.4, -0.2) is 34.1 Å². The Balaban J connectivity index is 1.83. The highest BCUT2D eigenvalue weighted by Gasteiger charge is 2.19. The van der Waals surface area contributed by atoms with Crippen LogP contribution in [0.2, 0.25) is 0 Å². The number of halogens is 1. The number of ether oxygens (including phenoxy) is 1. The molecule has 3 aromatic rings. The van der Waals surface area contributed by atoms with Gasteiger partial charge >= 0.3 is 5.97 Å². The molecule has 0 saturated heterocycles. The molecule has 0 saturated carbocycles. The molecule has 0 unspecified atom stereocenters. The van der Waals surface area contributed by atoms with E-state index in [9.17, 15) is 18.8 Å². The third-order valence-electron chi connectivity index (χ3n) is 4.11. The van der Waals surface area contributed by atoms with Crippen LogP contribution in [0.15, 0.2) is 53.4 Å². The van der Waals surface area contributed by atoms with E-state index in [1.54, 1.807) is 17.5 Å². The Morgan fingerprint density at radius 1 is 1.38 bits per heavy atom. The SMILES string of the molecule is C=CCNC(=O)[C@@H](C)OC(=O)Cn1cnc2scc(-c3ccc(F)cc3)c2c1=O. The maximum Gasteiger partial charge on any atom is 0.326 e. The van der Waals surface area contributed by atoms with Gasteiger partial charge in [-0.05, 0) is 24.6 Å². The fourth-order valence-electron chi connectivity index (χ4n) is 2.67. The number of hydrogen-bond donors (Lipinski definition) is 1. The van der Waals surface area contributed by atoms with E-state index in [1.807, 2.05) is 0 Å². The molecule has 0 fully saturated rings. The Hall–Kier alpha value is -3.33. The van der Waals surface area contributed by atoms with E-state index in [2.05, 4.69) is 16.9 Å². The number of carbonyl (C=O) groups is 2. The average molecular weight is 415 g/mol. The topological polar surface area (TPSA) is 90.3 Å². The molecule has 1 N–H and O–H groups in total. The van der Waals surface area contributed by atoms with E-state index < -0.39 is 23.5 Å². The first-order valence-electron chi connectivity index (χ1n) is 8.71. The van der Waals surface area contributed by atoms with Crippen molar-refractivity contribution in [1.82, 2.24) is 14.9 Å². The Bertz CT molecular complexity index is 1120. The summed E-state index contributed by atoms with van der Waals surface area (Å²) in [5, 5.41) is 4.63. The van der Waals surface area contributed by atoms with Crippen LogP contribution in [0.4, 0.5) is 4.39 Å². The van der Waals surface area contributed by atoms with Gasteiger partial charge in [0.05, 0.1) is 11.7 Å². The molecule has 0 radical (unpaired) electrons. The van der Waals surface area contributed by atoms with Gasteiger partial charge < -0.3 is 10.1 Å². The largest absolute Gasteiger partial charge is 0.451 e. The van der Waals surface area contributed by atoms with Gasteiger partial charge in [0.2, 0.25) is 0 Å². The molecule has 0 spiro atoms. The number of carbonyl (C=O) groups excluding carboxylic acids is 2. The smallest absolute Gasteiger partial charge is 0.326 e. The molecule has 1 atom stereocenters. The highest BCUT2D eigenvalue weighted by molar-refractivity contribution is 7.17. The molecule has 7 nitrogen and oxygen atoms in total. The van der Waals surface area contributed by atoms with Gasteiger partial charge in [0.25, 0.3) is 11.5 Å². The van der Waals surface area contributed by atoms with Crippen molar-refractivity contribution in [3.05, 3.63) is 64.8 Å². The van der Waals surface area contributed by atoms with Gasteiger partial charge in [-0.15, -0.1) is 17.9 Å². The number of nitrogens with zero attached hydrogens (tertiary/aromatic N) is 2. The first-order chi connectivity index (χ1) is 13.9. The molecule has 0 bridgehead atoms. The molecule has 2 aromatic heterocycles. The molecule has 2 heterocycles. The minimum atomic E-state index is -1.01. The van der Waals surface area contributed by atoms with Gasteiger partial charge in [-0.2, -0.15) is 0 Å². The molecule has 1 aromatic carbocycles. The Labute approximate surface area is 169 Å². The summed E-state index contributed by atoms with van der Waals surface area (Å²) >= 11 is 1.28. The third kappa shape index (κ3) is 4.57. The normalized spacial score (nSPS) is 11.8. The van der Waals surface area contributed by atoms with Gasteiger partial charge in [0, 0.05) is 17.5 Å². The van der Waals surface area contributed by atoms with E-state index in [1.165, 1.54) is 42.8 Å². The Kier molecular flexibility index (Phi) is 6.18. The van der Waals surface area contributed by atoms with E-state index in [0.717, 1.165) is 4.57 Å². The standard InChI is InChI=1S/C20H18FN3O4S/c1-3-8-22-18(26)12(2)28-16(25)9-24-11-23-19-17(20(24)27)15(10-29-19)13-4-6-14(21)7-5-13/h3-7,10-12H,1,8-9H2,2H3,(H,22,26)/t12-/m1/s1. The highest BCUT2D eigenvalue weighted by Crippen LogP contribution is 2.30. The van der Waals surface area contributed by atoms with Crippen molar-refractivity contribution in [2.75, 3.05) is 6.54 Å². The zero-order valence-corrected chi connectivity index (χ0v) is 16.4. The van der Waals surface area contributed by atoms with Crippen molar-refractivity contribution < 1.29 is 18.7 Å². The first-order valence-corrected chi connectivity index (χ1v) is 9.59. The van der Waals surface area contributed by atoms with Crippen molar-refractivity contribution in [3.63, 3.8) is 0 Å². The van der Waals surface area contributed by atoms with Crippen LogP contribution in [0.1, 0.15) is 6.92 Å². The maximum atomic E-state index is 13.2.